The number of thiophene rings is 1. The molecule has 2 aromatic heterocycles. The molecule has 3 aromatic rings. The van der Waals surface area contributed by atoms with Gasteiger partial charge in [-0.2, -0.15) is 5.26 Å². The van der Waals surface area contributed by atoms with Gasteiger partial charge >= 0.3 is 5.97 Å². The third kappa shape index (κ3) is 5.42. The molecule has 35 heavy (non-hydrogen) atoms. The number of aryl methyl sites for hydroxylation is 1. The van der Waals surface area contributed by atoms with Gasteiger partial charge < -0.3 is 10.1 Å². The van der Waals surface area contributed by atoms with Crippen LogP contribution in [0.15, 0.2) is 41.4 Å². The van der Waals surface area contributed by atoms with Gasteiger partial charge in [0.1, 0.15) is 16.1 Å². The predicted octanol–water partition coefficient (Wildman–Crippen LogP) is 6.20. The summed E-state index contributed by atoms with van der Waals surface area (Å²) in [6.07, 6.45) is 1.81. The minimum Gasteiger partial charge on any atom is -0.462 e. The largest absolute Gasteiger partial charge is 0.462 e. The van der Waals surface area contributed by atoms with E-state index in [0.29, 0.717) is 26.9 Å². The summed E-state index contributed by atoms with van der Waals surface area (Å²) in [5, 5.41) is 13.5. The minimum absolute atomic E-state index is 0.187. The summed E-state index contributed by atoms with van der Waals surface area (Å²) in [7, 11) is 0. The van der Waals surface area contributed by atoms with Crippen LogP contribution in [0.25, 0.3) is 10.4 Å². The highest BCUT2D eigenvalue weighted by atomic mass is 32.2. The van der Waals surface area contributed by atoms with Crippen LogP contribution >= 0.6 is 23.1 Å². The summed E-state index contributed by atoms with van der Waals surface area (Å²) in [4.78, 5) is 31.3. The van der Waals surface area contributed by atoms with Crippen LogP contribution in [0.4, 0.5) is 5.00 Å². The number of benzene rings is 1. The molecule has 4 rings (SSSR count). The van der Waals surface area contributed by atoms with E-state index in [1.54, 1.807) is 13.0 Å². The van der Waals surface area contributed by atoms with Crippen molar-refractivity contribution in [2.24, 2.45) is 0 Å². The molecule has 0 unspecified atom stereocenters. The fourth-order valence-electron chi connectivity index (χ4n) is 4.05. The lowest BCUT2D eigenvalue weighted by Gasteiger charge is -2.16. The summed E-state index contributed by atoms with van der Waals surface area (Å²) in [5.74, 6) is 0.134. The van der Waals surface area contributed by atoms with Crippen LogP contribution in [-0.4, -0.2) is 29.2 Å². The Morgan fingerprint density at radius 2 is 2.03 bits per heavy atom. The molecule has 1 aliphatic carbocycles. The summed E-state index contributed by atoms with van der Waals surface area (Å²) in [6, 6.07) is 14.0. The van der Waals surface area contributed by atoms with Crippen LogP contribution in [0.2, 0.25) is 0 Å². The van der Waals surface area contributed by atoms with Crippen LogP contribution in [0.5, 0.6) is 0 Å². The first-order valence-electron chi connectivity index (χ1n) is 11.7. The van der Waals surface area contributed by atoms with Crippen molar-refractivity contribution in [2.45, 2.75) is 51.0 Å². The van der Waals surface area contributed by atoms with E-state index >= 15 is 0 Å². The Kier molecular flexibility index (Phi) is 7.89. The second kappa shape index (κ2) is 11.1. The molecule has 1 amide bonds. The maximum atomic E-state index is 12.9. The molecule has 2 heterocycles. The van der Waals surface area contributed by atoms with E-state index in [9.17, 15) is 14.9 Å². The lowest BCUT2D eigenvalue weighted by Crippen LogP contribution is -2.16. The van der Waals surface area contributed by atoms with E-state index in [0.717, 1.165) is 34.5 Å². The van der Waals surface area contributed by atoms with Crippen LogP contribution in [0, 0.1) is 11.3 Å². The molecule has 0 spiro atoms. The van der Waals surface area contributed by atoms with E-state index in [4.69, 9.17) is 4.74 Å². The van der Waals surface area contributed by atoms with Crippen molar-refractivity contribution in [1.82, 2.24) is 4.98 Å². The van der Waals surface area contributed by atoms with E-state index < -0.39 is 5.97 Å². The molecule has 0 fully saturated rings. The van der Waals surface area contributed by atoms with Crippen LogP contribution < -0.4 is 5.32 Å². The number of amides is 1. The number of nitrogens with zero attached hydrogens (tertiary/aromatic N) is 2. The number of rotatable bonds is 8. The Bertz CT molecular complexity index is 1310. The molecule has 1 aromatic carbocycles. The van der Waals surface area contributed by atoms with Crippen molar-refractivity contribution >= 4 is 40.0 Å². The number of esters is 1. The summed E-state index contributed by atoms with van der Waals surface area (Å²) in [6.45, 7) is 6.15. The fourth-order valence-corrected chi connectivity index (χ4v) is 6.28. The molecule has 8 heteroatoms. The Balaban J connectivity index is 1.51. The predicted molar refractivity (Wildman–Crippen MR) is 140 cm³/mol. The molecule has 0 saturated heterocycles. The summed E-state index contributed by atoms with van der Waals surface area (Å²) < 4.78 is 5.33. The number of hydrogen-bond acceptors (Lipinski definition) is 7. The van der Waals surface area contributed by atoms with Crippen LogP contribution in [0.1, 0.15) is 65.9 Å². The number of carbonyl (C=O) groups is 2. The van der Waals surface area contributed by atoms with Crippen LogP contribution in [0.3, 0.4) is 0 Å². The van der Waals surface area contributed by atoms with Gasteiger partial charge in [0.15, 0.2) is 0 Å². The van der Waals surface area contributed by atoms with Gasteiger partial charge in [0, 0.05) is 22.7 Å². The van der Waals surface area contributed by atoms with Gasteiger partial charge in [-0.15, -0.1) is 23.1 Å². The lowest BCUT2D eigenvalue weighted by atomic mass is 9.89. The van der Waals surface area contributed by atoms with Gasteiger partial charge in [0.2, 0.25) is 5.91 Å². The highest BCUT2D eigenvalue weighted by Gasteiger charge is 2.29. The Hall–Kier alpha value is -3.15. The van der Waals surface area contributed by atoms with Crippen molar-refractivity contribution in [3.05, 3.63) is 64.3 Å². The second-order valence-electron chi connectivity index (χ2n) is 8.49. The molecule has 0 atom stereocenters. The van der Waals surface area contributed by atoms with Crippen LogP contribution in [-0.2, 0) is 22.4 Å². The number of nitrogens with one attached hydrogen (secondary N) is 1. The summed E-state index contributed by atoms with van der Waals surface area (Å²) in [5.41, 5.74) is 5.20. The number of pyridine rings is 1. The van der Waals surface area contributed by atoms with Gasteiger partial charge in [0.25, 0.3) is 0 Å². The van der Waals surface area contributed by atoms with Gasteiger partial charge in [-0.05, 0) is 54.5 Å². The molecular formula is C27H27N3O3S2. The number of aromatic nitrogens is 1. The quantitative estimate of drug-likeness (QED) is 0.289. The van der Waals surface area contributed by atoms with Crippen molar-refractivity contribution in [3.63, 3.8) is 0 Å². The average molecular weight is 506 g/mol. The van der Waals surface area contributed by atoms with Crippen molar-refractivity contribution in [3.8, 4) is 16.5 Å². The normalized spacial score (nSPS) is 12.0. The average Bonchev–Trinajstić information content (AvgIpc) is 3.22. The second-order valence-corrected chi connectivity index (χ2v) is 10.6. The van der Waals surface area contributed by atoms with Gasteiger partial charge in [-0.1, -0.05) is 38.1 Å². The molecule has 0 radical (unpaired) electrons. The molecule has 0 bridgehead atoms. The number of carbonyl (C=O) groups excluding carboxylic acids is 2. The first kappa shape index (κ1) is 25.0. The summed E-state index contributed by atoms with van der Waals surface area (Å²) >= 11 is 2.83. The molecule has 180 valence electrons. The third-order valence-corrected chi connectivity index (χ3v) is 7.98. The number of hydrogen-bond donors (Lipinski definition) is 1. The first-order chi connectivity index (χ1) is 16.9. The highest BCUT2D eigenvalue weighted by Crippen LogP contribution is 2.45. The topological polar surface area (TPSA) is 92.1 Å². The maximum Gasteiger partial charge on any atom is 0.341 e. The SMILES string of the molecule is CCOC(=O)c1c(NC(=O)CCSc2nc(C(C)C)ccc2C#N)sc2c1CCc1ccccc1-2. The van der Waals surface area contributed by atoms with E-state index in [1.165, 1.54) is 28.7 Å². The number of thioether (sulfide) groups is 1. The Labute approximate surface area is 213 Å². The van der Waals surface area contributed by atoms with Gasteiger partial charge in [-0.3, -0.25) is 4.79 Å². The first-order valence-corrected chi connectivity index (χ1v) is 13.5. The van der Waals surface area contributed by atoms with E-state index in [2.05, 4.69) is 42.4 Å². The zero-order valence-corrected chi connectivity index (χ0v) is 21.6. The van der Waals surface area contributed by atoms with Gasteiger partial charge in [0.05, 0.1) is 17.7 Å². The smallest absolute Gasteiger partial charge is 0.341 e. The number of anilines is 1. The third-order valence-electron chi connectivity index (χ3n) is 5.81. The zero-order valence-electron chi connectivity index (χ0n) is 20.0. The number of ether oxygens (including phenoxy) is 1. The molecule has 0 saturated carbocycles. The Morgan fingerprint density at radius 1 is 1.23 bits per heavy atom. The van der Waals surface area contributed by atoms with E-state index in [-0.39, 0.29) is 24.9 Å². The van der Waals surface area contributed by atoms with Crippen molar-refractivity contribution < 1.29 is 14.3 Å². The molecule has 1 N–H and O–H groups in total. The molecule has 0 aliphatic heterocycles. The lowest BCUT2D eigenvalue weighted by molar-refractivity contribution is -0.115. The number of fused-ring (bicyclic) bond motifs is 3. The molecular weight excluding hydrogens is 478 g/mol. The van der Waals surface area contributed by atoms with Gasteiger partial charge in [-0.25, -0.2) is 9.78 Å². The van der Waals surface area contributed by atoms with Crippen molar-refractivity contribution in [1.29, 1.82) is 5.26 Å². The minimum atomic E-state index is -0.401. The number of nitriles is 1. The fraction of sp³-hybridized carbons (Fsp3) is 0.333. The standard InChI is InChI=1S/C27H27N3O3S2/c1-4-33-27(32)23-20-11-9-17-7-5-6-8-19(17)24(20)35-26(23)30-22(31)13-14-34-25-18(15-28)10-12-21(29-25)16(2)3/h5-8,10,12,16H,4,9,11,13-14H2,1-3H3,(H,30,31). The van der Waals surface area contributed by atoms with E-state index in [1.807, 2.05) is 18.2 Å². The molecule has 6 nitrogen and oxygen atoms in total. The monoisotopic (exact) mass is 505 g/mol. The Morgan fingerprint density at radius 3 is 2.77 bits per heavy atom. The maximum absolute atomic E-state index is 12.9. The zero-order chi connectivity index (χ0) is 24.9. The highest BCUT2D eigenvalue weighted by molar-refractivity contribution is 7.99. The molecule has 1 aliphatic rings. The van der Waals surface area contributed by atoms with Crippen molar-refractivity contribution in [2.75, 3.05) is 17.7 Å².